The molecule has 0 aromatic rings. The fourth-order valence-electron chi connectivity index (χ4n) is 0.610. The minimum Gasteiger partial charge on any atom is -0.320 e. The number of hydrogen-bond donors (Lipinski definition) is 0. The Hall–Kier alpha value is -0.790. The van der Waals surface area contributed by atoms with Crippen LogP contribution in [0, 0.1) is 0 Å². The molecule has 0 rings (SSSR count). The van der Waals surface area contributed by atoms with Gasteiger partial charge in [0.2, 0.25) is 5.91 Å². The van der Waals surface area contributed by atoms with Crippen LogP contribution in [-0.2, 0) is 4.79 Å². The van der Waals surface area contributed by atoms with Crippen LogP contribution in [0.15, 0.2) is 12.8 Å². The third kappa shape index (κ3) is 2.31. The first-order valence-electron chi connectivity index (χ1n) is 3.18. The maximum atomic E-state index is 10.8. The Labute approximate surface area is 56.2 Å². The third-order valence-corrected chi connectivity index (χ3v) is 1.18. The van der Waals surface area contributed by atoms with Gasteiger partial charge >= 0.3 is 0 Å². The molecule has 2 heteroatoms. The van der Waals surface area contributed by atoms with Crippen molar-refractivity contribution in [1.29, 1.82) is 0 Å². The highest BCUT2D eigenvalue weighted by atomic mass is 16.2. The van der Waals surface area contributed by atoms with Crippen LogP contribution in [0.2, 0.25) is 0 Å². The van der Waals surface area contributed by atoms with Crippen LogP contribution in [0.5, 0.6) is 0 Å². The molecule has 0 unspecified atom stereocenters. The molecule has 0 atom stereocenters. The lowest BCUT2D eigenvalue weighted by atomic mass is 10.4. The van der Waals surface area contributed by atoms with Crippen molar-refractivity contribution in [3.8, 4) is 0 Å². The molecule has 0 aliphatic heterocycles. The number of rotatable bonds is 3. The number of hydrogen-bond acceptors (Lipinski definition) is 1. The molecule has 2 nitrogen and oxygen atoms in total. The zero-order valence-corrected chi connectivity index (χ0v) is 6.05. The standard InChI is InChI=1S/C7H13NO/c1-4-7(9)8(5-2)6-3/h5H,2,4,6H2,1,3H3. The van der Waals surface area contributed by atoms with E-state index in [-0.39, 0.29) is 5.91 Å². The largest absolute Gasteiger partial charge is 0.320 e. The lowest BCUT2D eigenvalue weighted by Crippen LogP contribution is -2.23. The van der Waals surface area contributed by atoms with Gasteiger partial charge in [-0.25, -0.2) is 0 Å². The fraction of sp³-hybridized carbons (Fsp3) is 0.571. The zero-order valence-electron chi connectivity index (χ0n) is 6.05. The predicted molar refractivity (Wildman–Crippen MR) is 37.9 cm³/mol. The minimum absolute atomic E-state index is 0.132. The van der Waals surface area contributed by atoms with E-state index in [4.69, 9.17) is 0 Å². The monoisotopic (exact) mass is 127 g/mol. The average Bonchev–Trinajstić information content (AvgIpc) is 1.90. The van der Waals surface area contributed by atoms with E-state index in [1.807, 2.05) is 13.8 Å². The molecule has 0 aromatic heterocycles. The molecule has 0 radical (unpaired) electrons. The normalized spacial score (nSPS) is 8.67. The van der Waals surface area contributed by atoms with Crippen molar-refractivity contribution in [1.82, 2.24) is 4.90 Å². The van der Waals surface area contributed by atoms with Crippen LogP contribution in [0.4, 0.5) is 0 Å². The van der Waals surface area contributed by atoms with E-state index in [1.165, 1.54) is 0 Å². The Bertz CT molecular complexity index is 109. The van der Waals surface area contributed by atoms with Crippen molar-refractivity contribution in [3.63, 3.8) is 0 Å². The lowest BCUT2D eigenvalue weighted by molar-refractivity contribution is -0.128. The SMILES string of the molecule is C=CN(CC)C(=O)CC. The molecule has 9 heavy (non-hydrogen) atoms. The maximum absolute atomic E-state index is 10.8. The molecule has 52 valence electrons. The second kappa shape index (κ2) is 4.13. The van der Waals surface area contributed by atoms with Gasteiger partial charge in [0.1, 0.15) is 0 Å². The number of carbonyl (C=O) groups is 1. The van der Waals surface area contributed by atoms with Crippen molar-refractivity contribution >= 4 is 5.91 Å². The number of amides is 1. The Morgan fingerprint density at radius 1 is 1.67 bits per heavy atom. The molecule has 0 aromatic carbocycles. The summed E-state index contributed by atoms with van der Waals surface area (Å²) in [6, 6.07) is 0. The van der Waals surface area contributed by atoms with Crippen LogP contribution in [0.3, 0.4) is 0 Å². The summed E-state index contributed by atoms with van der Waals surface area (Å²) in [5, 5.41) is 0. The van der Waals surface area contributed by atoms with Gasteiger partial charge < -0.3 is 4.90 Å². The number of nitrogens with zero attached hydrogens (tertiary/aromatic N) is 1. The molecule has 0 saturated carbocycles. The first kappa shape index (κ1) is 8.21. The first-order chi connectivity index (χ1) is 4.26. The van der Waals surface area contributed by atoms with Gasteiger partial charge in [0.25, 0.3) is 0 Å². The first-order valence-corrected chi connectivity index (χ1v) is 3.18. The molecule has 0 aliphatic rings. The third-order valence-electron chi connectivity index (χ3n) is 1.18. The van der Waals surface area contributed by atoms with Crippen molar-refractivity contribution < 1.29 is 4.79 Å². The fourth-order valence-corrected chi connectivity index (χ4v) is 0.610. The van der Waals surface area contributed by atoms with E-state index in [0.29, 0.717) is 6.42 Å². The molecule has 0 fully saturated rings. The van der Waals surface area contributed by atoms with Gasteiger partial charge in [-0.15, -0.1) is 0 Å². The molecule has 0 saturated heterocycles. The molecule has 0 N–H and O–H groups in total. The van der Waals surface area contributed by atoms with Gasteiger partial charge in [-0.1, -0.05) is 13.5 Å². The molecule has 0 bridgehead atoms. The summed E-state index contributed by atoms with van der Waals surface area (Å²) in [6.45, 7) is 7.99. The van der Waals surface area contributed by atoms with Crippen molar-refractivity contribution in [2.75, 3.05) is 6.54 Å². The number of carbonyl (C=O) groups excluding carboxylic acids is 1. The van der Waals surface area contributed by atoms with E-state index in [0.717, 1.165) is 6.54 Å². The van der Waals surface area contributed by atoms with Gasteiger partial charge in [-0.05, 0) is 13.1 Å². The van der Waals surface area contributed by atoms with Gasteiger partial charge in [0, 0.05) is 13.0 Å². The maximum Gasteiger partial charge on any atom is 0.226 e. The second-order valence-electron chi connectivity index (χ2n) is 1.72. The second-order valence-corrected chi connectivity index (χ2v) is 1.72. The van der Waals surface area contributed by atoms with Gasteiger partial charge in [-0.3, -0.25) is 4.79 Å². The van der Waals surface area contributed by atoms with Crippen LogP contribution in [-0.4, -0.2) is 17.4 Å². The van der Waals surface area contributed by atoms with Gasteiger partial charge in [-0.2, -0.15) is 0 Å². The highest BCUT2D eigenvalue weighted by molar-refractivity contribution is 5.76. The molecule has 0 heterocycles. The smallest absolute Gasteiger partial charge is 0.226 e. The summed E-state index contributed by atoms with van der Waals surface area (Å²) < 4.78 is 0. The summed E-state index contributed by atoms with van der Waals surface area (Å²) in [4.78, 5) is 12.4. The Morgan fingerprint density at radius 3 is 2.33 bits per heavy atom. The molecular formula is C7H13NO. The van der Waals surface area contributed by atoms with Gasteiger partial charge in [0.15, 0.2) is 0 Å². The van der Waals surface area contributed by atoms with Crippen LogP contribution in [0.25, 0.3) is 0 Å². The summed E-state index contributed by atoms with van der Waals surface area (Å²) >= 11 is 0. The van der Waals surface area contributed by atoms with Crippen LogP contribution in [0.1, 0.15) is 20.3 Å². The Morgan fingerprint density at radius 2 is 2.22 bits per heavy atom. The van der Waals surface area contributed by atoms with E-state index < -0.39 is 0 Å². The average molecular weight is 127 g/mol. The van der Waals surface area contributed by atoms with E-state index >= 15 is 0 Å². The lowest BCUT2D eigenvalue weighted by Gasteiger charge is -2.13. The van der Waals surface area contributed by atoms with Crippen molar-refractivity contribution in [2.24, 2.45) is 0 Å². The molecule has 1 amide bonds. The molecule has 0 spiro atoms. The van der Waals surface area contributed by atoms with Crippen LogP contribution >= 0.6 is 0 Å². The summed E-state index contributed by atoms with van der Waals surface area (Å²) in [7, 11) is 0. The van der Waals surface area contributed by atoms with Crippen molar-refractivity contribution in [2.45, 2.75) is 20.3 Å². The zero-order chi connectivity index (χ0) is 7.28. The highest BCUT2D eigenvalue weighted by Gasteiger charge is 2.02. The minimum atomic E-state index is 0.132. The summed E-state index contributed by atoms with van der Waals surface area (Å²) in [5.74, 6) is 0.132. The van der Waals surface area contributed by atoms with Gasteiger partial charge in [0.05, 0.1) is 0 Å². The van der Waals surface area contributed by atoms with E-state index in [2.05, 4.69) is 6.58 Å². The van der Waals surface area contributed by atoms with Crippen molar-refractivity contribution in [3.05, 3.63) is 12.8 Å². The highest BCUT2D eigenvalue weighted by Crippen LogP contribution is 1.91. The molecular weight excluding hydrogens is 114 g/mol. The molecule has 0 aliphatic carbocycles. The summed E-state index contributed by atoms with van der Waals surface area (Å²) in [6.07, 6.45) is 2.12. The van der Waals surface area contributed by atoms with Crippen LogP contribution < -0.4 is 0 Å². The summed E-state index contributed by atoms with van der Waals surface area (Å²) in [5.41, 5.74) is 0. The predicted octanol–water partition coefficient (Wildman–Crippen LogP) is 1.39. The van der Waals surface area contributed by atoms with E-state index in [9.17, 15) is 4.79 Å². The Kier molecular flexibility index (Phi) is 3.76. The quantitative estimate of drug-likeness (QED) is 0.561. The van der Waals surface area contributed by atoms with E-state index in [1.54, 1.807) is 11.1 Å². The Balaban J connectivity index is 3.78. The topological polar surface area (TPSA) is 20.3 Å².